The minimum Gasteiger partial charge on any atom is -0.363 e. The smallest absolute Gasteiger partial charge is 0.142 e. The Labute approximate surface area is 76.9 Å². The van der Waals surface area contributed by atoms with Crippen LogP contribution < -0.4 is 0 Å². The van der Waals surface area contributed by atoms with Gasteiger partial charge in [-0.1, -0.05) is 36.0 Å². The maximum Gasteiger partial charge on any atom is 0.142 e. The van der Waals surface area contributed by atoms with Gasteiger partial charge >= 0.3 is 0 Å². The topological polar surface area (TPSA) is 26.0 Å². The third-order valence-electron chi connectivity index (χ3n) is 2.54. The van der Waals surface area contributed by atoms with E-state index in [1.165, 1.54) is 38.4 Å². The van der Waals surface area contributed by atoms with Crippen molar-refractivity contribution >= 4 is 11.6 Å². The number of hydrogen-bond donors (Lipinski definition) is 0. The molecule has 2 rings (SSSR count). The summed E-state index contributed by atoms with van der Waals surface area (Å²) in [6.07, 6.45) is 7.90. The molecule has 0 amide bonds. The minimum absolute atomic E-state index is 0.546. The maximum absolute atomic E-state index is 5.92. The van der Waals surface area contributed by atoms with E-state index in [-0.39, 0.29) is 0 Å². The fraction of sp³-hybridized carbons (Fsp3) is 0.667. The molecule has 1 aliphatic rings. The second kappa shape index (κ2) is 3.48. The van der Waals surface area contributed by atoms with Crippen molar-refractivity contribution in [3.63, 3.8) is 0 Å². The van der Waals surface area contributed by atoms with E-state index in [2.05, 4.69) is 5.16 Å². The first-order valence-electron chi connectivity index (χ1n) is 4.47. The Hall–Kier alpha value is -0.500. The summed E-state index contributed by atoms with van der Waals surface area (Å²) < 4.78 is 4.82. The van der Waals surface area contributed by atoms with Gasteiger partial charge in [0, 0.05) is 5.92 Å². The highest BCUT2D eigenvalue weighted by molar-refractivity contribution is 6.31. The molecule has 0 saturated heterocycles. The van der Waals surface area contributed by atoms with Crippen LogP contribution in [0, 0.1) is 0 Å². The summed E-state index contributed by atoms with van der Waals surface area (Å²) in [6.45, 7) is 0. The molecule has 0 aromatic carbocycles. The molecule has 0 aliphatic heterocycles. The molecule has 0 atom stereocenters. The summed E-state index contributed by atoms with van der Waals surface area (Å²) in [6, 6.07) is 0. The molecule has 2 nitrogen and oxygen atoms in total. The van der Waals surface area contributed by atoms with E-state index >= 15 is 0 Å². The predicted octanol–water partition coefficient (Wildman–Crippen LogP) is 3.38. The van der Waals surface area contributed by atoms with Gasteiger partial charge in [0.2, 0.25) is 0 Å². The van der Waals surface area contributed by atoms with E-state index in [4.69, 9.17) is 16.1 Å². The van der Waals surface area contributed by atoms with E-state index in [1.807, 2.05) is 0 Å². The average molecular weight is 186 g/mol. The molecule has 0 bridgehead atoms. The predicted molar refractivity (Wildman–Crippen MR) is 47.3 cm³/mol. The lowest BCUT2D eigenvalue weighted by molar-refractivity contribution is 0.379. The van der Waals surface area contributed by atoms with Crippen LogP contribution in [0.1, 0.15) is 43.7 Å². The van der Waals surface area contributed by atoms with E-state index in [0.717, 1.165) is 5.69 Å². The Bertz CT molecular complexity index is 253. The lowest BCUT2D eigenvalue weighted by Gasteiger charge is -2.18. The quantitative estimate of drug-likeness (QED) is 0.671. The summed E-state index contributed by atoms with van der Waals surface area (Å²) in [5.74, 6) is 0.546. The van der Waals surface area contributed by atoms with Crippen LogP contribution in [0.5, 0.6) is 0 Å². The second-order valence-electron chi connectivity index (χ2n) is 3.38. The molecule has 1 aromatic heterocycles. The highest BCUT2D eigenvalue weighted by Gasteiger charge is 2.20. The van der Waals surface area contributed by atoms with E-state index in [0.29, 0.717) is 10.9 Å². The third-order valence-corrected chi connectivity index (χ3v) is 2.83. The van der Waals surface area contributed by atoms with Crippen LogP contribution in [0.2, 0.25) is 5.02 Å². The van der Waals surface area contributed by atoms with Gasteiger partial charge in [0.1, 0.15) is 17.0 Å². The van der Waals surface area contributed by atoms with Crippen LogP contribution in [0.15, 0.2) is 10.8 Å². The number of hydrogen-bond acceptors (Lipinski definition) is 2. The van der Waals surface area contributed by atoms with Gasteiger partial charge in [-0.25, -0.2) is 0 Å². The molecule has 0 spiro atoms. The van der Waals surface area contributed by atoms with Gasteiger partial charge in [-0.05, 0) is 12.8 Å². The van der Waals surface area contributed by atoms with E-state index in [1.54, 1.807) is 0 Å². The zero-order chi connectivity index (χ0) is 8.39. The maximum atomic E-state index is 5.92. The minimum atomic E-state index is 0.546. The lowest BCUT2D eigenvalue weighted by atomic mass is 9.87. The third kappa shape index (κ3) is 1.48. The summed E-state index contributed by atoms with van der Waals surface area (Å²) in [4.78, 5) is 0. The molecule has 1 heterocycles. The lowest BCUT2D eigenvalue weighted by Crippen LogP contribution is -2.04. The van der Waals surface area contributed by atoms with Gasteiger partial charge in [0.25, 0.3) is 0 Å². The second-order valence-corrected chi connectivity index (χ2v) is 3.79. The van der Waals surface area contributed by atoms with Crippen molar-refractivity contribution in [3.05, 3.63) is 17.0 Å². The molecular formula is C9H12ClNO. The molecule has 0 N–H and O–H groups in total. The van der Waals surface area contributed by atoms with Gasteiger partial charge in [0.05, 0.1) is 0 Å². The Morgan fingerprint density at radius 3 is 2.67 bits per heavy atom. The number of halogens is 1. The van der Waals surface area contributed by atoms with Crippen LogP contribution in [0.25, 0.3) is 0 Å². The molecule has 0 unspecified atom stereocenters. The molecule has 12 heavy (non-hydrogen) atoms. The standard InChI is InChI=1S/C9H12ClNO/c10-8-6-12-11-9(8)7-4-2-1-3-5-7/h6-7H,1-5H2. The first-order valence-corrected chi connectivity index (χ1v) is 4.85. The normalized spacial score (nSPS) is 19.8. The van der Waals surface area contributed by atoms with Crippen molar-refractivity contribution in [2.75, 3.05) is 0 Å². The van der Waals surface area contributed by atoms with Crippen molar-refractivity contribution in [2.24, 2.45) is 0 Å². The molecule has 3 heteroatoms. The van der Waals surface area contributed by atoms with E-state index in [9.17, 15) is 0 Å². The zero-order valence-corrected chi connectivity index (χ0v) is 7.68. The first kappa shape index (κ1) is 8.11. The highest BCUT2D eigenvalue weighted by atomic mass is 35.5. The first-order chi connectivity index (χ1) is 5.88. The molecule has 1 fully saturated rings. The molecule has 1 aliphatic carbocycles. The van der Waals surface area contributed by atoms with Crippen LogP contribution in [-0.2, 0) is 0 Å². The largest absolute Gasteiger partial charge is 0.363 e. The van der Waals surface area contributed by atoms with Crippen LogP contribution in [-0.4, -0.2) is 5.16 Å². The molecule has 66 valence electrons. The fourth-order valence-corrected chi connectivity index (χ4v) is 2.11. The summed E-state index contributed by atoms with van der Waals surface area (Å²) >= 11 is 5.92. The molecule has 0 radical (unpaired) electrons. The van der Waals surface area contributed by atoms with Crippen molar-refractivity contribution in [1.29, 1.82) is 0 Å². The fourth-order valence-electron chi connectivity index (χ4n) is 1.88. The monoisotopic (exact) mass is 185 g/mol. The molecule has 1 saturated carbocycles. The highest BCUT2D eigenvalue weighted by Crippen LogP contribution is 2.34. The van der Waals surface area contributed by atoms with Crippen molar-refractivity contribution in [3.8, 4) is 0 Å². The average Bonchev–Trinajstić information content (AvgIpc) is 2.53. The Morgan fingerprint density at radius 2 is 2.08 bits per heavy atom. The van der Waals surface area contributed by atoms with Gasteiger partial charge < -0.3 is 4.52 Å². The van der Waals surface area contributed by atoms with Crippen LogP contribution >= 0.6 is 11.6 Å². The van der Waals surface area contributed by atoms with Gasteiger partial charge in [-0.15, -0.1) is 0 Å². The van der Waals surface area contributed by atoms with Crippen molar-refractivity contribution in [1.82, 2.24) is 5.16 Å². The van der Waals surface area contributed by atoms with Gasteiger partial charge in [-0.3, -0.25) is 0 Å². The Kier molecular flexibility index (Phi) is 2.35. The summed E-state index contributed by atoms with van der Waals surface area (Å²) in [5, 5.41) is 4.63. The van der Waals surface area contributed by atoms with Gasteiger partial charge in [0.15, 0.2) is 0 Å². The van der Waals surface area contributed by atoms with Crippen LogP contribution in [0.3, 0.4) is 0 Å². The SMILES string of the molecule is Clc1conc1C1CCCCC1. The molecular weight excluding hydrogens is 174 g/mol. The zero-order valence-electron chi connectivity index (χ0n) is 6.92. The molecule has 1 aromatic rings. The number of rotatable bonds is 1. The van der Waals surface area contributed by atoms with E-state index < -0.39 is 0 Å². The summed E-state index contributed by atoms with van der Waals surface area (Å²) in [7, 11) is 0. The van der Waals surface area contributed by atoms with Gasteiger partial charge in [-0.2, -0.15) is 0 Å². The summed E-state index contributed by atoms with van der Waals surface area (Å²) in [5.41, 5.74) is 0.969. The van der Waals surface area contributed by atoms with Crippen molar-refractivity contribution < 1.29 is 4.52 Å². The van der Waals surface area contributed by atoms with Crippen LogP contribution in [0.4, 0.5) is 0 Å². The Balaban J connectivity index is 2.13. The number of nitrogens with zero attached hydrogens (tertiary/aromatic N) is 1. The Morgan fingerprint density at radius 1 is 1.33 bits per heavy atom. The van der Waals surface area contributed by atoms with Crippen molar-refractivity contribution in [2.45, 2.75) is 38.0 Å². The number of aromatic nitrogens is 1.